The van der Waals surface area contributed by atoms with Crippen LogP contribution in [0.15, 0.2) is 6.07 Å². The van der Waals surface area contributed by atoms with Crippen molar-refractivity contribution in [3.63, 3.8) is 0 Å². The third-order valence-electron chi connectivity index (χ3n) is 2.30. The fourth-order valence-corrected chi connectivity index (χ4v) is 1.48. The summed E-state index contributed by atoms with van der Waals surface area (Å²) in [7, 11) is 3.42. The first-order valence-corrected chi connectivity index (χ1v) is 5.63. The van der Waals surface area contributed by atoms with Gasteiger partial charge in [0, 0.05) is 33.8 Å². The van der Waals surface area contributed by atoms with Crippen LogP contribution in [0.5, 0.6) is 0 Å². The molecule has 0 aliphatic carbocycles. The van der Waals surface area contributed by atoms with E-state index < -0.39 is 0 Å². The zero-order valence-corrected chi connectivity index (χ0v) is 10.6. The second kappa shape index (κ2) is 7.03. The lowest BCUT2D eigenvalue weighted by molar-refractivity contribution is 0.0944. The van der Waals surface area contributed by atoms with Gasteiger partial charge in [0.15, 0.2) is 0 Å². The molecule has 1 aromatic rings. The molecule has 96 valence electrons. The number of hydrogen-bond acceptors (Lipinski definition) is 4. The molecule has 0 aliphatic heterocycles. The van der Waals surface area contributed by atoms with Crippen molar-refractivity contribution >= 4 is 5.91 Å². The van der Waals surface area contributed by atoms with Gasteiger partial charge >= 0.3 is 0 Å². The van der Waals surface area contributed by atoms with Crippen molar-refractivity contribution in [2.45, 2.75) is 6.92 Å². The summed E-state index contributed by atoms with van der Waals surface area (Å²) in [4.78, 5) is 11.7. The van der Waals surface area contributed by atoms with E-state index in [1.165, 1.54) is 0 Å². The number of carbonyl (C=O) groups excluding carboxylic acids is 1. The second-order valence-electron chi connectivity index (χ2n) is 3.79. The molecule has 1 aromatic heterocycles. The quantitative estimate of drug-likeness (QED) is 0.642. The van der Waals surface area contributed by atoms with Crippen LogP contribution in [0.4, 0.5) is 0 Å². The van der Waals surface area contributed by atoms with Gasteiger partial charge in [-0.25, -0.2) is 0 Å². The third kappa shape index (κ3) is 4.54. The molecule has 1 rings (SSSR count). The van der Waals surface area contributed by atoms with Gasteiger partial charge < -0.3 is 15.4 Å². The first-order chi connectivity index (χ1) is 8.15. The summed E-state index contributed by atoms with van der Waals surface area (Å²) in [5.74, 6) is -0.0957. The van der Waals surface area contributed by atoms with Crippen molar-refractivity contribution < 1.29 is 9.53 Å². The smallest absolute Gasteiger partial charge is 0.269 e. The van der Waals surface area contributed by atoms with Gasteiger partial charge in [-0.3, -0.25) is 9.48 Å². The first kappa shape index (κ1) is 13.7. The molecule has 0 aromatic carbocycles. The Balaban J connectivity index is 2.23. The molecule has 0 aliphatic rings. The van der Waals surface area contributed by atoms with Crippen molar-refractivity contribution in [2.75, 3.05) is 33.4 Å². The standard InChI is InChI=1S/C11H20N4O2/c1-9-8-10(15(2)14-9)11(16)13-5-4-12-6-7-17-3/h8,12H,4-7H2,1-3H3,(H,13,16). The molecule has 1 heterocycles. The molecule has 0 atom stereocenters. The van der Waals surface area contributed by atoms with Crippen molar-refractivity contribution in [3.8, 4) is 0 Å². The minimum atomic E-state index is -0.0957. The number of amides is 1. The summed E-state index contributed by atoms with van der Waals surface area (Å²) in [6.07, 6.45) is 0. The van der Waals surface area contributed by atoms with Crippen LogP contribution in [0.3, 0.4) is 0 Å². The van der Waals surface area contributed by atoms with Gasteiger partial charge in [-0.1, -0.05) is 0 Å². The number of methoxy groups -OCH3 is 1. The summed E-state index contributed by atoms with van der Waals surface area (Å²) < 4.78 is 6.48. The summed E-state index contributed by atoms with van der Waals surface area (Å²) >= 11 is 0. The molecule has 1 amide bonds. The highest BCUT2D eigenvalue weighted by Crippen LogP contribution is 2.00. The maximum atomic E-state index is 11.7. The van der Waals surface area contributed by atoms with Crippen LogP contribution in [0.25, 0.3) is 0 Å². The van der Waals surface area contributed by atoms with Crippen molar-refractivity contribution in [1.82, 2.24) is 20.4 Å². The predicted molar refractivity (Wildman–Crippen MR) is 65.0 cm³/mol. The highest BCUT2D eigenvalue weighted by molar-refractivity contribution is 5.92. The van der Waals surface area contributed by atoms with E-state index >= 15 is 0 Å². The number of nitrogens with zero attached hydrogens (tertiary/aromatic N) is 2. The lowest BCUT2D eigenvalue weighted by Crippen LogP contribution is -2.33. The van der Waals surface area contributed by atoms with E-state index in [9.17, 15) is 4.79 Å². The van der Waals surface area contributed by atoms with Gasteiger partial charge in [0.2, 0.25) is 0 Å². The zero-order valence-electron chi connectivity index (χ0n) is 10.6. The average Bonchev–Trinajstić information content (AvgIpc) is 2.62. The molecular formula is C11H20N4O2. The highest BCUT2D eigenvalue weighted by atomic mass is 16.5. The Hall–Kier alpha value is -1.40. The summed E-state index contributed by atoms with van der Waals surface area (Å²) in [6, 6.07) is 1.77. The number of carbonyl (C=O) groups is 1. The number of aryl methyl sites for hydroxylation is 2. The number of hydrogen-bond donors (Lipinski definition) is 2. The Labute approximate surface area is 101 Å². The van der Waals surface area contributed by atoms with Crippen LogP contribution >= 0.6 is 0 Å². The highest BCUT2D eigenvalue weighted by Gasteiger charge is 2.10. The van der Waals surface area contributed by atoms with E-state index in [2.05, 4.69) is 15.7 Å². The van der Waals surface area contributed by atoms with E-state index in [0.717, 1.165) is 18.8 Å². The van der Waals surface area contributed by atoms with E-state index in [1.54, 1.807) is 24.9 Å². The molecule has 6 nitrogen and oxygen atoms in total. The Morgan fingerprint density at radius 2 is 2.24 bits per heavy atom. The van der Waals surface area contributed by atoms with Crippen molar-refractivity contribution in [2.24, 2.45) is 7.05 Å². The minimum Gasteiger partial charge on any atom is -0.383 e. The average molecular weight is 240 g/mol. The SMILES string of the molecule is COCCNCCNC(=O)c1cc(C)nn1C. The fraction of sp³-hybridized carbons (Fsp3) is 0.636. The molecule has 0 bridgehead atoms. The Bertz CT molecular complexity index is 362. The molecule has 0 saturated heterocycles. The van der Waals surface area contributed by atoms with Crippen LogP contribution in [0, 0.1) is 6.92 Å². The van der Waals surface area contributed by atoms with E-state index in [1.807, 2.05) is 6.92 Å². The van der Waals surface area contributed by atoms with Gasteiger partial charge in [0.25, 0.3) is 5.91 Å². The number of nitrogens with one attached hydrogen (secondary N) is 2. The fourth-order valence-electron chi connectivity index (χ4n) is 1.48. The number of aromatic nitrogens is 2. The molecular weight excluding hydrogens is 220 g/mol. The van der Waals surface area contributed by atoms with Gasteiger partial charge in [0.1, 0.15) is 5.69 Å². The van der Waals surface area contributed by atoms with Crippen molar-refractivity contribution in [1.29, 1.82) is 0 Å². The van der Waals surface area contributed by atoms with E-state index in [4.69, 9.17) is 4.74 Å². The zero-order chi connectivity index (χ0) is 12.7. The topological polar surface area (TPSA) is 68.2 Å². The van der Waals surface area contributed by atoms with Gasteiger partial charge in [-0.05, 0) is 13.0 Å². The monoisotopic (exact) mass is 240 g/mol. The van der Waals surface area contributed by atoms with Crippen LogP contribution < -0.4 is 10.6 Å². The van der Waals surface area contributed by atoms with Gasteiger partial charge in [0.05, 0.1) is 12.3 Å². The second-order valence-corrected chi connectivity index (χ2v) is 3.79. The largest absolute Gasteiger partial charge is 0.383 e. The lowest BCUT2D eigenvalue weighted by Gasteiger charge is -2.06. The summed E-state index contributed by atoms with van der Waals surface area (Å²) in [6.45, 7) is 4.65. The molecule has 0 spiro atoms. The van der Waals surface area contributed by atoms with Crippen molar-refractivity contribution in [3.05, 3.63) is 17.5 Å². The van der Waals surface area contributed by atoms with Gasteiger partial charge in [-0.2, -0.15) is 5.10 Å². The summed E-state index contributed by atoms with van der Waals surface area (Å²) in [5, 5.41) is 10.1. The third-order valence-corrected chi connectivity index (χ3v) is 2.30. The molecule has 0 radical (unpaired) electrons. The molecule has 0 saturated carbocycles. The van der Waals surface area contributed by atoms with Crippen LogP contribution in [0.2, 0.25) is 0 Å². The molecule has 17 heavy (non-hydrogen) atoms. The Morgan fingerprint density at radius 3 is 2.82 bits per heavy atom. The van der Waals surface area contributed by atoms with Crippen LogP contribution in [-0.2, 0) is 11.8 Å². The molecule has 0 fully saturated rings. The predicted octanol–water partition coefficient (Wildman–Crippen LogP) is -0.306. The minimum absolute atomic E-state index is 0.0957. The number of rotatable bonds is 7. The lowest BCUT2D eigenvalue weighted by atomic mass is 10.3. The first-order valence-electron chi connectivity index (χ1n) is 5.63. The maximum absolute atomic E-state index is 11.7. The maximum Gasteiger partial charge on any atom is 0.269 e. The normalized spacial score (nSPS) is 10.5. The molecule has 6 heteroatoms. The summed E-state index contributed by atoms with van der Waals surface area (Å²) in [5.41, 5.74) is 1.43. The molecule has 2 N–H and O–H groups in total. The Kier molecular flexibility index (Phi) is 5.65. The van der Waals surface area contributed by atoms with Crippen LogP contribution in [0.1, 0.15) is 16.2 Å². The molecule has 0 unspecified atom stereocenters. The van der Waals surface area contributed by atoms with Gasteiger partial charge in [-0.15, -0.1) is 0 Å². The number of ether oxygens (including phenoxy) is 1. The van der Waals surface area contributed by atoms with E-state index in [-0.39, 0.29) is 5.91 Å². The van der Waals surface area contributed by atoms with E-state index in [0.29, 0.717) is 18.8 Å². The van der Waals surface area contributed by atoms with Crippen LogP contribution in [-0.4, -0.2) is 49.0 Å². The Morgan fingerprint density at radius 1 is 1.47 bits per heavy atom.